The summed E-state index contributed by atoms with van der Waals surface area (Å²) in [7, 11) is 0. The molecule has 0 saturated heterocycles. The van der Waals surface area contributed by atoms with Crippen molar-refractivity contribution in [3.8, 4) is 0 Å². The van der Waals surface area contributed by atoms with Crippen LogP contribution in [0.25, 0.3) is 0 Å². The number of nitrogens with one attached hydrogen (secondary N) is 2. The van der Waals surface area contributed by atoms with Gasteiger partial charge < -0.3 is 15.2 Å². The Morgan fingerprint density at radius 1 is 1.24 bits per heavy atom. The van der Waals surface area contributed by atoms with E-state index < -0.39 is 0 Å². The summed E-state index contributed by atoms with van der Waals surface area (Å²) < 4.78 is 1.91. The molecule has 2 N–H and O–H groups in total. The Bertz CT molecular complexity index is 562. The maximum absolute atomic E-state index is 12.0. The molecular weight excluding hydrogens is 262 g/mol. The Kier molecular flexibility index (Phi) is 5.58. The zero-order valence-corrected chi connectivity index (χ0v) is 12.7. The van der Waals surface area contributed by atoms with E-state index >= 15 is 0 Å². The highest BCUT2D eigenvalue weighted by atomic mass is 16.1. The van der Waals surface area contributed by atoms with E-state index in [4.69, 9.17) is 0 Å². The molecule has 2 aromatic rings. The van der Waals surface area contributed by atoms with Gasteiger partial charge in [0.15, 0.2) is 0 Å². The van der Waals surface area contributed by atoms with Gasteiger partial charge in [-0.3, -0.25) is 4.79 Å². The fraction of sp³-hybridized carbons (Fsp3) is 0.353. The van der Waals surface area contributed by atoms with Crippen molar-refractivity contribution in [1.29, 1.82) is 0 Å². The molecule has 0 aliphatic heterocycles. The van der Waals surface area contributed by atoms with Gasteiger partial charge in [0, 0.05) is 24.1 Å². The summed E-state index contributed by atoms with van der Waals surface area (Å²) in [5.74, 6) is -0.0162. The Balaban J connectivity index is 1.88. The number of rotatable bonds is 7. The summed E-state index contributed by atoms with van der Waals surface area (Å²) in [5, 5.41) is 6.33. The van der Waals surface area contributed by atoms with Gasteiger partial charge in [-0.2, -0.15) is 0 Å². The largest absolute Gasteiger partial charge is 0.345 e. The number of para-hydroxylation sites is 1. The molecule has 0 bridgehead atoms. The molecule has 4 nitrogen and oxygen atoms in total. The summed E-state index contributed by atoms with van der Waals surface area (Å²) in [6.07, 6.45) is 5.09. The van der Waals surface area contributed by atoms with Gasteiger partial charge in [-0.1, -0.05) is 25.1 Å². The fourth-order valence-electron chi connectivity index (χ4n) is 2.18. The molecule has 21 heavy (non-hydrogen) atoms. The summed E-state index contributed by atoms with van der Waals surface area (Å²) in [6, 6.07) is 11.9. The third-order valence-corrected chi connectivity index (χ3v) is 3.36. The molecule has 2 rings (SSSR count). The average molecular weight is 285 g/mol. The van der Waals surface area contributed by atoms with E-state index in [1.54, 1.807) is 0 Å². The molecule has 1 amide bonds. The molecule has 0 aliphatic rings. The highest BCUT2D eigenvalue weighted by Gasteiger charge is 2.08. The highest BCUT2D eigenvalue weighted by molar-refractivity contribution is 5.90. The second-order valence-corrected chi connectivity index (χ2v) is 5.21. The molecule has 0 aliphatic carbocycles. The Morgan fingerprint density at radius 3 is 2.71 bits per heavy atom. The minimum Gasteiger partial charge on any atom is -0.345 e. The smallest absolute Gasteiger partial charge is 0.244 e. The number of hydrogen-bond donors (Lipinski definition) is 2. The van der Waals surface area contributed by atoms with Crippen LogP contribution < -0.4 is 10.6 Å². The number of aromatic nitrogens is 1. The summed E-state index contributed by atoms with van der Waals surface area (Å²) in [4.78, 5) is 12.0. The van der Waals surface area contributed by atoms with Gasteiger partial charge in [-0.05, 0) is 43.7 Å². The number of anilines is 1. The van der Waals surface area contributed by atoms with E-state index in [-0.39, 0.29) is 5.91 Å². The van der Waals surface area contributed by atoms with Gasteiger partial charge in [-0.25, -0.2) is 0 Å². The van der Waals surface area contributed by atoms with Gasteiger partial charge in [0.2, 0.25) is 5.91 Å². The minimum absolute atomic E-state index is 0.0162. The van der Waals surface area contributed by atoms with Crippen LogP contribution in [0.3, 0.4) is 0 Å². The molecule has 0 radical (unpaired) electrons. The van der Waals surface area contributed by atoms with Gasteiger partial charge in [-0.15, -0.1) is 0 Å². The molecule has 4 heteroatoms. The topological polar surface area (TPSA) is 46.1 Å². The van der Waals surface area contributed by atoms with Gasteiger partial charge in [0.05, 0.1) is 0 Å². The lowest BCUT2D eigenvalue weighted by molar-refractivity contribution is -0.116. The van der Waals surface area contributed by atoms with E-state index in [0.717, 1.165) is 18.7 Å². The molecule has 1 aromatic carbocycles. The first-order valence-corrected chi connectivity index (χ1v) is 7.43. The highest BCUT2D eigenvalue weighted by Crippen LogP contribution is 2.13. The number of carbonyl (C=O) groups is 1. The van der Waals surface area contributed by atoms with Crippen LogP contribution in [-0.2, 0) is 11.3 Å². The van der Waals surface area contributed by atoms with Crippen molar-refractivity contribution in [3.63, 3.8) is 0 Å². The lowest BCUT2D eigenvalue weighted by atomic mass is 10.2. The van der Waals surface area contributed by atoms with Gasteiger partial charge >= 0.3 is 0 Å². The molecule has 1 atom stereocenters. The first-order chi connectivity index (χ1) is 10.2. The third kappa shape index (κ3) is 4.76. The quantitative estimate of drug-likeness (QED) is 0.820. The molecule has 1 unspecified atom stereocenters. The SMILES string of the molecule is CCCNC(C)c1ccn(CC(=O)Nc2ccccc2)c1. The van der Waals surface area contributed by atoms with Crippen molar-refractivity contribution < 1.29 is 4.79 Å². The second-order valence-electron chi connectivity index (χ2n) is 5.21. The van der Waals surface area contributed by atoms with E-state index in [2.05, 4.69) is 30.5 Å². The lowest BCUT2D eigenvalue weighted by Gasteiger charge is -2.11. The first kappa shape index (κ1) is 15.3. The van der Waals surface area contributed by atoms with E-state index in [9.17, 15) is 4.79 Å². The van der Waals surface area contributed by atoms with Crippen molar-refractivity contribution >= 4 is 11.6 Å². The van der Waals surface area contributed by atoms with Crippen LogP contribution in [0.15, 0.2) is 48.8 Å². The van der Waals surface area contributed by atoms with Gasteiger partial charge in [0.25, 0.3) is 0 Å². The normalized spacial score (nSPS) is 12.1. The van der Waals surface area contributed by atoms with Crippen LogP contribution >= 0.6 is 0 Å². The maximum Gasteiger partial charge on any atom is 0.244 e. The van der Waals surface area contributed by atoms with Crippen LogP contribution in [-0.4, -0.2) is 17.0 Å². The number of carbonyl (C=O) groups excluding carboxylic acids is 1. The zero-order chi connectivity index (χ0) is 15.1. The molecule has 1 aromatic heterocycles. The predicted octanol–water partition coefficient (Wildman–Crippen LogP) is 3.19. The van der Waals surface area contributed by atoms with Crippen molar-refractivity contribution in [2.24, 2.45) is 0 Å². The molecule has 112 valence electrons. The standard InChI is InChI=1S/C17H23N3O/c1-3-10-18-14(2)15-9-11-20(12-15)13-17(21)19-16-7-5-4-6-8-16/h4-9,11-12,14,18H,3,10,13H2,1-2H3,(H,19,21). The van der Waals surface area contributed by atoms with Crippen molar-refractivity contribution in [2.45, 2.75) is 32.9 Å². The predicted molar refractivity (Wildman–Crippen MR) is 86.2 cm³/mol. The maximum atomic E-state index is 12.0. The zero-order valence-electron chi connectivity index (χ0n) is 12.7. The molecular formula is C17H23N3O. The van der Waals surface area contributed by atoms with Crippen molar-refractivity contribution in [2.75, 3.05) is 11.9 Å². The van der Waals surface area contributed by atoms with E-state index in [1.165, 1.54) is 5.56 Å². The summed E-state index contributed by atoms with van der Waals surface area (Å²) in [6.45, 7) is 5.62. The number of amides is 1. The van der Waals surface area contributed by atoms with E-state index in [1.807, 2.05) is 47.3 Å². The Morgan fingerprint density at radius 2 is 2.00 bits per heavy atom. The minimum atomic E-state index is -0.0162. The lowest BCUT2D eigenvalue weighted by Crippen LogP contribution is -2.19. The van der Waals surface area contributed by atoms with Crippen LogP contribution in [0.2, 0.25) is 0 Å². The Labute approximate surface area is 126 Å². The number of hydrogen-bond acceptors (Lipinski definition) is 2. The van der Waals surface area contributed by atoms with Crippen LogP contribution in [0.5, 0.6) is 0 Å². The molecule has 0 spiro atoms. The van der Waals surface area contributed by atoms with Crippen molar-refractivity contribution in [3.05, 3.63) is 54.4 Å². The number of benzene rings is 1. The average Bonchev–Trinajstić information content (AvgIpc) is 2.94. The fourth-order valence-corrected chi connectivity index (χ4v) is 2.18. The summed E-state index contributed by atoms with van der Waals surface area (Å²) >= 11 is 0. The summed E-state index contributed by atoms with van der Waals surface area (Å²) in [5.41, 5.74) is 2.03. The first-order valence-electron chi connectivity index (χ1n) is 7.43. The molecule has 0 saturated carbocycles. The number of nitrogens with zero attached hydrogens (tertiary/aromatic N) is 1. The molecule has 1 heterocycles. The molecule has 0 fully saturated rings. The Hall–Kier alpha value is -2.07. The van der Waals surface area contributed by atoms with Crippen LogP contribution in [0.1, 0.15) is 31.9 Å². The third-order valence-electron chi connectivity index (χ3n) is 3.36. The monoisotopic (exact) mass is 285 g/mol. The van der Waals surface area contributed by atoms with E-state index in [0.29, 0.717) is 12.6 Å². The van der Waals surface area contributed by atoms with Gasteiger partial charge in [0.1, 0.15) is 6.54 Å². The second kappa shape index (κ2) is 7.64. The van der Waals surface area contributed by atoms with Crippen LogP contribution in [0, 0.1) is 0 Å². The van der Waals surface area contributed by atoms with Crippen molar-refractivity contribution in [1.82, 2.24) is 9.88 Å². The van der Waals surface area contributed by atoms with Crippen LogP contribution in [0.4, 0.5) is 5.69 Å².